The molecule has 0 spiro atoms. The first kappa shape index (κ1) is 23.4. The minimum atomic E-state index is -3.70. The summed E-state index contributed by atoms with van der Waals surface area (Å²) in [7, 11) is -3.70. The van der Waals surface area contributed by atoms with Crippen LogP contribution in [0.3, 0.4) is 0 Å². The van der Waals surface area contributed by atoms with Crippen molar-refractivity contribution >= 4 is 33.5 Å². The lowest BCUT2D eigenvalue weighted by Gasteiger charge is -2.29. The van der Waals surface area contributed by atoms with E-state index in [9.17, 15) is 8.42 Å². The zero-order valence-electron chi connectivity index (χ0n) is 19.3. The molecule has 7 nitrogen and oxygen atoms in total. The molecule has 0 saturated heterocycles. The molecule has 1 atom stereocenters. The number of nitrogens with two attached hydrogens (primary N) is 1. The summed E-state index contributed by atoms with van der Waals surface area (Å²) in [4.78, 5) is 11.6. The van der Waals surface area contributed by atoms with Gasteiger partial charge in [0.2, 0.25) is 0 Å². The average molecular weight is 509 g/mol. The molecule has 0 radical (unpaired) electrons. The van der Waals surface area contributed by atoms with E-state index >= 15 is 0 Å². The smallest absolute Gasteiger partial charge is 0.311 e. The molecule has 9 heteroatoms. The van der Waals surface area contributed by atoms with Gasteiger partial charge in [0.1, 0.15) is 11.6 Å². The van der Waals surface area contributed by atoms with Crippen molar-refractivity contribution in [2.45, 2.75) is 24.6 Å². The lowest BCUT2D eigenvalue weighted by molar-refractivity contribution is 0.477. The molecule has 2 N–H and O–H groups in total. The molecule has 0 amide bonds. The van der Waals surface area contributed by atoms with Crippen LogP contribution in [0.25, 0.3) is 11.1 Å². The van der Waals surface area contributed by atoms with E-state index in [4.69, 9.17) is 31.5 Å². The fraction of sp³-hybridized carbons (Fsp3) is 0.231. The fourth-order valence-corrected chi connectivity index (χ4v) is 5.15. The Morgan fingerprint density at radius 2 is 1.69 bits per heavy atom. The predicted octanol–water partition coefficient (Wildman–Crippen LogP) is 4.41. The van der Waals surface area contributed by atoms with Crippen molar-refractivity contribution in [2.75, 3.05) is 13.1 Å². The molecule has 0 aromatic heterocycles. The summed E-state index contributed by atoms with van der Waals surface area (Å²) in [6.45, 7) is 4.44. The number of fused-ring (bicyclic) bond motifs is 1. The van der Waals surface area contributed by atoms with Gasteiger partial charge in [0.25, 0.3) is 0 Å². The highest BCUT2D eigenvalue weighted by molar-refractivity contribution is 7.87. The summed E-state index contributed by atoms with van der Waals surface area (Å²) in [5.74, 6) is 1.39. The number of hydrogen-bond donors (Lipinski definition) is 1. The molecule has 2 aliphatic rings. The van der Waals surface area contributed by atoms with Gasteiger partial charge in [-0.3, -0.25) is 9.89 Å². The van der Waals surface area contributed by atoms with Crippen LogP contribution in [0.5, 0.6) is 5.75 Å². The van der Waals surface area contributed by atoms with Crippen LogP contribution in [0, 0.1) is 0 Å². The Kier molecular flexibility index (Phi) is 5.81. The quantitative estimate of drug-likeness (QED) is 0.497. The first-order valence-corrected chi connectivity index (χ1v) is 13.1. The van der Waals surface area contributed by atoms with E-state index in [2.05, 4.69) is 6.07 Å². The second-order valence-electron chi connectivity index (χ2n) is 8.78. The summed E-state index contributed by atoms with van der Waals surface area (Å²) in [6.07, 6.45) is 0. The van der Waals surface area contributed by atoms with Gasteiger partial charge >= 0.3 is 10.1 Å². The lowest BCUT2D eigenvalue weighted by atomic mass is 9.81. The topological polar surface area (TPSA) is 97.3 Å². The Balaban J connectivity index is 1.63. The minimum Gasteiger partial charge on any atom is -0.382 e. The van der Waals surface area contributed by atoms with Crippen LogP contribution in [0.4, 0.5) is 0 Å². The third kappa shape index (κ3) is 4.06. The number of guanidine groups is 1. The van der Waals surface area contributed by atoms with Crippen molar-refractivity contribution in [2.24, 2.45) is 15.7 Å². The van der Waals surface area contributed by atoms with Crippen LogP contribution in [-0.4, -0.2) is 43.5 Å². The SMILES string of the molecule is CC(C)S(=O)(=O)Oc1ccc(C2(c3cccc(-c4cccc(Cl)c4)c3)N=C(N)N3CCN=C32)cc1. The zero-order valence-corrected chi connectivity index (χ0v) is 20.9. The molecule has 2 aliphatic heterocycles. The summed E-state index contributed by atoms with van der Waals surface area (Å²) >= 11 is 6.24. The van der Waals surface area contributed by atoms with E-state index in [0.29, 0.717) is 24.1 Å². The molecule has 2 heterocycles. The molecule has 180 valence electrons. The Labute approximate surface area is 210 Å². The maximum atomic E-state index is 12.2. The number of nitrogens with zero attached hydrogens (tertiary/aromatic N) is 3. The van der Waals surface area contributed by atoms with Gasteiger partial charge in [0.05, 0.1) is 11.8 Å². The first-order valence-electron chi connectivity index (χ1n) is 11.3. The summed E-state index contributed by atoms with van der Waals surface area (Å²) < 4.78 is 29.7. The second kappa shape index (κ2) is 8.70. The number of rotatable bonds is 6. The monoisotopic (exact) mass is 508 g/mol. The van der Waals surface area contributed by atoms with Crippen molar-refractivity contribution < 1.29 is 12.6 Å². The molecule has 0 saturated carbocycles. The molecule has 0 fully saturated rings. The van der Waals surface area contributed by atoms with Crippen LogP contribution in [0.2, 0.25) is 5.02 Å². The molecule has 1 unspecified atom stereocenters. The normalized spacial score (nSPS) is 19.5. The van der Waals surface area contributed by atoms with Gasteiger partial charge in [0.15, 0.2) is 11.5 Å². The van der Waals surface area contributed by atoms with Crippen molar-refractivity contribution in [1.82, 2.24) is 4.90 Å². The van der Waals surface area contributed by atoms with E-state index in [1.807, 2.05) is 59.5 Å². The van der Waals surface area contributed by atoms with Gasteiger partial charge in [-0.2, -0.15) is 8.42 Å². The van der Waals surface area contributed by atoms with Gasteiger partial charge in [0, 0.05) is 11.6 Å². The Morgan fingerprint density at radius 3 is 2.37 bits per heavy atom. The van der Waals surface area contributed by atoms with Crippen molar-refractivity contribution in [1.29, 1.82) is 0 Å². The Hall–Kier alpha value is -3.36. The molecule has 3 aromatic rings. The van der Waals surface area contributed by atoms with Crippen LogP contribution < -0.4 is 9.92 Å². The van der Waals surface area contributed by atoms with Crippen molar-refractivity contribution in [3.8, 4) is 16.9 Å². The van der Waals surface area contributed by atoms with Crippen LogP contribution in [0.1, 0.15) is 25.0 Å². The van der Waals surface area contributed by atoms with Gasteiger partial charge in [-0.15, -0.1) is 0 Å². The number of benzene rings is 3. The standard InChI is InChI=1S/C26H25ClN4O3S/c1-17(2)35(32,33)34-23-11-9-20(10-12-23)26(24-29-13-14-31(24)25(28)30-26)21-7-3-5-18(15-21)19-6-4-8-22(27)16-19/h3-12,15-17H,13-14H2,1-2H3,(H2,28,30). The van der Waals surface area contributed by atoms with Crippen molar-refractivity contribution in [3.05, 3.63) is 88.9 Å². The van der Waals surface area contributed by atoms with Gasteiger partial charge in [-0.05, 0) is 66.4 Å². The Morgan fingerprint density at radius 1 is 1.00 bits per heavy atom. The number of hydrogen-bond acceptors (Lipinski definition) is 7. The highest BCUT2D eigenvalue weighted by Gasteiger charge is 2.50. The van der Waals surface area contributed by atoms with E-state index in [0.717, 1.165) is 28.1 Å². The van der Waals surface area contributed by atoms with E-state index in [1.54, 1.807) is 26.0 Å². The fourth-order valence-electron chi connectivity index (χ4n) is 4.39. The molecule has 0 aliphatic carbocycles. The summed E-state index contributed by atoms with van der Waals surface area (Å²) in [5, 5.41) is 0.00686. The number of halogens is 1. The molecular weight excluding hydrogens is 484 g/mol. The molecule has 0 bridgehead atoms. The largest absolute Gasteiger partial charge is 0.382 e. The van der Waals surface area contributed by atoms with Crippen LogP contribution >= 0.6 is 11.6 Å². The molecule has 5 rings (SSSR count). The van der Waals surface area contributed by atoms with Crippen LogP contribution in [-0.2, 0) is 15.7 Å². The van der Waals surface area contributed by atoms with Crippen molar-refractivity contribution in [3.63, 3.8) is 0 Å². The van der Waals surface area contributed by atoms with E-state index in [-0.39, 0.29) is 5.75 Å². The number of aliphatic imine (C=N–C) groups is 2. The second-order valence-corrected chi connectivity index (χ2v) is 11.3. The average Bonchev–Trinajstić information content (AvgIpc) is 3.43. The third-order valence-corrected chi connectivity index (χ3v) is 8.04. The van der Waals surface area contributed by atoms with E-state index < -0.39 is 20.9 Å². The van der Waals surface area contributed by atoms with Gasteiger partial charge < -0.3 is 9.92 Å². The summed E-state index contributed by atoms with van der Waals surface area (Å²) in [6, 6.07) is 22.7. The molecular formula is C26H25ClN4O3S. The van der Waals surface area contributed by atoms with Gasteiger partial charge in [-0.1, -0.05) is 54.1 Å². The van der Waals surface area contributed by atoms with E-state index in [1.165, 1.54) is 0 Å². The first-order chi connectivity index (χ1) is 16.7. The summed E-state index contributed by atoms with van der Waals surface area (Å²) in [5.41, 5.74) is 9.06. The maximum Gasteiger partial charge on any atom is 0.311 e. The third-order valence-electron chi connectivity index (χ3n) is 6.22. The molecule has 3 aromatic carbocycles. The Bertz CT molecular complexity index is 1450. The highest BCUT2D eigenvalue weighted by Crippen LogP contribution is 2.43. The lowest BCUT2D eigenvalue weighted by Crippen LogP contribution is -2.41. The van der Waals surface area contributed by atoms with Gasteiger partial charge in [-0.25, -0.2) is 4.99 Å². The van der Waals surface area contributed by atoms with Crippen LogP contribution in [0.15, 0.2) is 82.8 Å². The number of amidine groups is 1. The minimum absolute atomic E-state index is 0.241. The maximum absolute atomic E-state index is 12.2. The molecule has 35 heavy (non-hydrogen) atoms. The zero-order chi connectivity index (χ0) is 24.8. The predicted molar refractivity (Wildman–Crippen MR) is 139 cm³/mol. The highest BCUT2D eigenvalue weighted by atomic mass is 35.5.